The Hall–Kier alpha value is -4.97. The van der Waals surface area contributed by atoms with E-state index in [4.69, 9.17) is 10.5 Å². The molecule has 0 fully saturated rings. The lowest BCUT2D eigenvalue weighted by Gasteiger charge is -2.38. The van der Waals surface area contributed by atoms with Gasteiger partial charge in [-0.2, -0.15) is 5.26 Å². The number of carbonyl (C=O) groups excluding carboxylic acids is 2. The van der Waals surface area contributed by atoms with Crippen LogP contribution in [0.1, 0.15) is 11.1 Å². The summed E-state index contributed by atoms with van der Waals surface area (Å²) < 4.78 is 33.5. The van der Waals surface area contributed by atoms with Gasteiger partial charge < -0.3 is 15.4 Å². The summed E-state index contributed by atoms with van der Waals surface area (Å²) >= 11 is 0. The number of para-hydroxylation sites is 1. The first kappa shape index (κ1) is 22.5. The monoisotopic (exact) mass is 496 g/mol. The number of rotatable bonds is 3. The SMILES string of the molecule is N#CC1=C(N)N(c2cccc(F)c2)C2=C(C(=O)OC2)C12C(=O)N(Cc1cccc(F)c1)c1ccccc12. The number of hydrogen-bond acceptors (Lipinski definition) is 6. The standard InChI is InChI=1S/C28H18F2N4O3/c29-17-6-3-5-16(11-17)14-33-22-10-2-1-9-20(22)28(27(33)36)21(13-31)25(32)34(19-8-4-7-18(30)12-19)23-15-37-26(35)24(23)28/h1-12H,14-15,32H2. The van der Waals surface area contributed by atoms with Crippen LogP contribution < -0.4 is 15.5 Å². The molecule has 0 aromatic heterocycles. The van der Waals surface area contributed by atoms with Gasteiger partial charge in [0.25, 0.3) is 0 Å². The summed E-state index contributed by atoms with van der Waals surface area (Å²) in [6.07, 6.45) is 0. The molecule has 6 rings (SSSR count). The van der Waals surface area contributed by atoms with E-state index in [9.17, 15) is 23.6 Å². The van der Waals surface area contributed by atoms with Gasteiger partial charge in [0.05, 0.1) is 29.1 Å². The maximum atomic E-state index is 14.4. The van der Waals surface area contributed by atoms with Crippen molar-refractivity contribution in [1.82, 2.24) is 0 Å². The third-order valence-corrected chi connectivity index (χ3v) is 6.92. The minimum Gasteiger partial charge on any atom is -0.456 e. The summed E-state index contributed by atoms with van der Waals surface area (Å²) in [6.45, 7) is -0.218. The van der Waals surface area contributed by atoms with Gasteiger partial charge in [0.15, 0.2) is 0 Å². The number of carbonyl (C=O) groups is 2. The zero-order valence-corrected chi connectivity index (χ0v) is 19.2. The summed E-state index contributed by atoms with van der Waals surface area (Å²) in [7, 11) is 0. The van der Waals surface area contributed by atoms with Gasteiger partial charge in [-0.3, -0.25) is 9.69 Å². The largest absolute Gasteiger partial charge is 0.456 e. The zero-order chi connectivity index (χ0) is 25.9. The van der Waals surface area contributed by atoms with Crippen molar-refractivity contribution >= 4 is 23.3 Å². The molecule has 0 saturated heterocycles. The third-order valence-electron chi connectivity index (χ3n) is 6.92. The predicted molar refractivity (Wildman–Crippen MR) is 129 cm³/mol. The quantitative estimate of drug-likeness (QED) is 0.554. The van der Waals surface area contributed by atoms with Gasteiger partial charge in [0.1, 0.15) is 35.5 Å². The molecule has 0 aliphatic carbocycles. The van der Waals surface area contributed by atoms with E-state index in [-0.39, 0.29) is 41.5 Å². The third kappa shape index (κ3) is 3.02. The van der Waals surface area contributed by atoms with Crippen molar-refractivity contribution in [2.24, 2.45) is 5.73 Å². The molecule has 3 aliphatic rings. The fourth-order valence-corrected chi connectivity index (χ4v) is 5.48. The fraction of sp³-hybridized carbons (Fsp3) is 0.107. The molecule has 3 heterocycles. The number of nitrogens with zero attached hydrogens (tertiary/aromatic N) is 3. The number of cyclic esters (lactones) is 1. The molecule has 3 aliphatic heterocycles. The van der Waals surface area contributed by atoms with Gasteiger partial charge in [-0.25, -0.2) is 13.6 Å². The fourth-order valence-electron chi connectivity index (χ4n) is 5.48. The first-order valence-electron chi connectivity index (χ1n) is 11.4. The number of ether oxygens (including phenoxy) is 1. The molecule has 37 heavy (non-hydrogen) atoms. The van der Waals surface area contributed by atoms with Crippen LogP contribution in [0.4, 0.5) is 20.2 Å². The molecule has 1 amide bonds. The second-order valence-corrected chi connectivity index (χ2v) is 8.87. The Balaban J connectivity index is 1.61. The molecule has 0 saturated carbocycles. The van der Waals surface area contributed by atoms with E-state index in [1.807, 2.05) is 0 Å². The number of hydrogen-bond donors (Lipinski definition) is 1. The van der Waals surface area contributed by atoms with Crippen LogP contribution in [0.15, 0.2) is 95.5 Å². The van der Waals surface area contributed by atoms with Crippen LogP contribution in [-0.4, -0.2) is 18.5 Å². The van der Waals surface area contributed by atoms with E-state index in [1.165, 1.54) is 46.2 Å². The zero-order valence-electron chi connectivity index (χ0n) is 19.2. The smallest absolute Gasteiger partial charge is 0.338 e. The number of amides is 1. The number of esters is 1. The molecule has 182 valence electrons. The molecule has 1 unspecified atom stereocenters. The summed E-state index contributed by atoms with van der Waals surface area (Å²) in [6, 6.07) is 20.2. The number of fused-ring (bicyclic) bond motifs is 3. The Morgan fingerprint density at radius 3 is 2.46 bits per heavy atom. The van der Waals surface area contributed by atoms with Crippen LogP contribution in [0.25, 0.3) is 0 Å². The van der Waals surface area contributed by atoms with Crippen molar-refractivity contribution in [3.05, 3.63) is 118 Å². The number of nitriles is 1. The Bertz CT molecular complexity index is 1620. The molecule has 0 radical (unpaired) electrons. The van der Waals surface area contributed by atoms with Crippen LogP contribution in [0.3, 0.4) is 0 Å². The Morgan fingerprint density at radius 1 is 1.00 bits per heavy atom. The van der Waals surface area contributed by atoms with E-state index < -0.39 is 28.9 Å². The highest BCUT2D eigenvalue weighted by atomic mass is 19.1. The summed E-state index contributed by atoms with van der Waals surface area (Å²) in [5.74, 6) is -2.46. The molecule has 1 spiro atoms. The van der Waals surface area contributed by atoms with Gasteiger partial charge in [-0.05, 0) is 42.0 Å². The maximum absolute atomic E-state index is 14.4. The molecule has 3 aromatic rings. The molecule has 9 heteroatoms. The molecule has 1 atom stereocenters. The lowest BCUT2D eigenvalue weighted by Crippen LogP contribution is -2.50. The average Bonchev–Trinajstić information content (AvgIpc) is 3.37. The number of halogens is 2. The molecular weight excluding hydrogens is 478 g/mol. The number of anilines is 2. The van der Waals surface area contributed by atoms with Crippen LogP contribution in [0, 0.1) is 23.0 Å². The minimum atomic E-state index is -1.87. The summed E-state index contributed by atoms with van der Waals surface area (Å²) in [4.78, 5) is 30.5. The second-order valence-electron chi connectivity index (χ2n) is 8.87. The van der Waals surface area contributed by atoms with Crippen LogP contribution >= 0.6 is 0 Å². The van der Waals surface area contributed by atoms with E-state index in [0.717, 1.165) is 0 Å². The predicted octanol–water partition coefficient (Wildman–Crippen LogP) is 3.77. The van der Waals surface area contributed by atoms with Crippen LogP contribution in [0.5, 0.6) is 0 Å². The molecule has 0 bridgehead atoms. The van der Waals surface area contributed by atoms with Crippen LogP contribution in [0.2, 0.25) is 0 Å². The van der Waals surface area contributed by atoms with E-state index in [2.05, 4.69) is 6.07 Å². The van der Waals surface area contributed by atoms with Gasteiger partial charge in [-0.1, -0.05) is 36.4 Å². The number of nitrogens with two attached hydrogens (primary N) is 1. The van der Waals surface area contributed by atoms with Gasteiger partial charge in [0, 0.05) is 11.3 Å². The summed E-state index contributed by atoms with van der Waals surface area (Å²) in [5, 5.41) is 10.4. The molecular formula is C28H18F2N4O3. The van der Waals surface area contributed by atoms with Crippen molar-refractivity contribution < 1.29 is 23.1 Å². The van der Waals surface area contributed by atoms with Gasteiger partial charge >= 0.3 is 5.97 Å². The molecule has 3 aromatic carbocycles. The van der Waals surface area contributed by atoms with Crippen molar-refractivity contribution in [2.45, 2.75) is 12.0 Å². The van der Waals surface area contributed by atoms with Gasteiger partial charge in [0.2, 0.25) is 5.91 Å². The topological polar surface area (TPSA) is 99.7 Å². The minimum absolute atomic E-state index is 0.000752. The van der Waals surface area contributed by atoms with Crippen LogP contribution in [-0.2, 0) is 26.3 Å². The Labute approximate surface area is 210 Å². The number of benzene rings is 3. The van der Waals surface area contributed by atoms with Crippen molar-refractivity contribution in [3.8, 4) is 6.07 Å². The maximum Gasteiger partial charge on any atom is 0.338 e. The first-order chi connectivity index (χ1) is 17.9. The van der Waals surface area contributed by atoms with Crippen molar-refractivity contribution in [2.75, 3.05) is 16.4 Å². The highest BCUT2D eigenvalue weighted by molar-refractivity contribution is 6.19. The highest BCUT2D eigenvalue weighted by Gasteiger charge is 2.63. The van der Waals surface area contributed by atoms with E-state index in [0.29, 0.717) is 16.8 Å². The Kier molecular flexibility index (Phi) is 4.88. The van der Waals surface area contributed by atoms with Gasteiger partial charge in [-0.15, -0.1) is 0 Å². The normalized spacial score (nSPS) is 20.4. The van der Waals surface area contributed by atoms with E-state index >= 15 is 0 Å². The van der Waals surface area contributed by atoms with Crippen molar-refractivity contribution in [3.63, 3.8) is 0 Å². The average molecular weight is 496 g/mol. The first-order valence-corrected chi connectivity index (χ1v) is 11.4. The second kappa shape index (κ2) is 8.03. The van der Waals surface area contributed by atoms with Crippen molar-refractivity contribution in [1.29, 1.82) is 5.26 Å². The Morgan fingerprint density at radius 2 is 1.73 bits per heavy atom. The summed E-state index contributed by atoms with van der Waals surface area (Å²) in [5.41, 5.74) is 6.38. The molecule has 2 N–H and O–H groups in total. The lowest BCUT2D eigenvalue weighted by molar-refractivity contribution is -0.137. The molecule has 7 nitrogen and oxygen atoms in total. The lowest BCUT2D eigenvalue weighted by atomic mass is 9.67. The van der Waals surface area contributed by atoms with E-state index in [1.54, 1.807) is 36.4 Å². The highest BCUT2D eigenvalue weighted by Crippen LogP contribution is 2.56.